The smallest absolute Gasteiger partial charge is 0.238 e. The van der Waals surface area contributed by atoms with Crippen molar-refractivity contribution >= 4 is 21.8 Å². The number of alkyl halides is 1. The van der Waals surface area contributed by atoms with Gasteiger partial charge in [0.05, 0.1) is 4.32 Å². The number of aliphatic hydroxyl groups excluding tert-OH is 1. The van der Waals surface area contributed by atoms with Gasteiger partial charge in [-0.1, -0.05) is 15.9 Å². The number of aliphatic hydroxyl groups is 1. The van der Waals surface area contributed by atoms with Crippen molar-refractivity contribution in [2.45, 2.75) is 31.0 Å². The van der Waals surface area contributed by atoms with E-state index in [0.717, 1.165) is 25.9 Å². The van der Waals surface area contributed by atoms with E-state index in [1.807, 2.05) is 18.7 Å². The van der Waals surface area contributed by atoms with Crippen LogP contribution in [0.3, 0.4) is 0 Å². The molecule has 0 aromatic heterocycles. The number of rotatable bonds is 2. The Bertz CT molecular complexity index is 205. The Morgan fingerprint density at radius 3 is 2.36 bits per heavy atom. The van der Waals surface area contributed by atoms with Crippen LogP contribution in [-0.4, -0.2) is 39.9 Å². The molecular formula is C10H18BrNO2. The Kier molecular flexibility index (Phi) is 3.95. The van der Waals surface area contributed by atoms with E-state index in [9.17, 15) is 4.79 Å². The molecular weight excluding hydrogens is 246 g/mol. The second-order valence-electron chi connectivity index (χ2n) is 4.39. The van der Waals surface area contributed by atoms with Crippen LogP contribution in [0, 0.1) is 5.92 Å². The van der Waals surface area contributed by atoms with Crippen molar-refractivity contribution in [3.8, 4) is 0 Å². The number of nitrogens with zero attached hydrogens (tertiary/aromatic N) is 1. The summed E-state index contributed by atoms with van der Waals surface area (Å²) in [6.45, 7) is 5.54. The molecule has 14 heavy (non-hydrogen) atoms. The maximum absolute atomic E-state index is 11.8. The predicted octanol–water partition coefficient (Wildman–Crippen LogP) is 1.39. The zero-order valence-corrected chi connectivity index (χ0v) is 10.4. The number of hydrogen-bond donors (Lipinski definition) is 1. The Morgan fingerprint density at radius 2 is 2.00 bits per heavy atom. The summed E-state index contributed by atoms with van der Waals surface area (Å²) >= 11 is 3.37. The highest BCUT2D eigenvalue weighted by Gasteiger charge is 2.31. The Labute approximate surface area is 93.6 Å². The fourth-order valence-corrected chi connectivity index (χ4v) is 1.95. The van der Waals surface area contributed by atoms with Crippen LogP contribution in [0.2, 0.25) is 0 Å². The van der Waals surface area contributed by atoms with Gasteiger partial charge in [-0.2, -0.15) is 0 Å². The van der Waals surface area contributed by atoms with Crippen LogP contribution in [0.15, 0.2) is 0 Å². The number of hydrogen-bond acceptors (Lipinski definition) is 2. The molecule has 0 radical (unpaired) electrons. The molecule has 1 rings (SSSR count). The second-order valence-corrected chi connectivity index (χ2v) is 6.37. The van der Waals surface area contributed by atoms with Crippen molar-refractivity contribution in [3.05, 3.63) is 0 Å². The van der Waals surface area contributed by atoms with Crippen molar-refractivity contribution in [2.75, 3.05) is 19.7 Å². The van der Waals surface area contributed by atoms with Crippen molar-refractivity contribution in [3.63, 3.8) is 0 Å². The quantitative estimate of drug-likeness (QED) is 0.766. The number of amides is 1. The van der Waals surface area contributed by atoms with Crippen LogP contribution >= 0.6 is 15.9 Å². The minimum Gasteiger partial charge on any atom is -0.396 e. The van der Waals surface area contributed by atoms with Crippen molar-refractivity contribution in [2.24, 2.45) is 5.92 Å². The fraction of sp³-hybridized carbons (Fsp3) is 0.900. The third kappa shape index (κ3) is 2.95. The zero-order chi connectivity index (χ0) is 10.8. The van der Waals surface area contributed by atoms with E-state index >= 15 is 0 Å². The van der Waals surface area contributed by atoms with Gasteiger partial charge in [0.2, 0.25) is 5.91 Å². The molecule has 1 aliphatic rings. The summed E-state index contributed by atoms with van der Waals surface area (Å²) in [5.74, 6) is 0.534. The molecule has 0 aromatic carbocycles. The van der Waals surface area contributed by atoms with Crippen LogP contribution in [0.25, 0.3) is 0 Å². The number of piperidine rings is 1. The van der Waals surface area contributed by atoms with Crippen molar-refractivity contribution in [1.82, 2.24) is 4.90 Å². The van der Waals surface area contributed by atoms with Gasteiger partial charge in [0.1, 0.15) is 0 Å². The molecule has 82 valence electrons. The molecule has 1 heterocycles. The molecule has 1 saturated heterocycles. The molecule has 0 saturated carbocycles. The lowest BCUT2D eigenvalue weighted by atomic mass is 9.97. The lowest BCUT2D eigenvalue weighted by Crippen LogP contribution is -2.46. The molecule has 1 fully saturated rings. The SMILES string of the molecule is CC(C)(Br)C(=O)N1CCC(CO)CC1. The normalized spacial score (nSPS) is 19.9. The molecule has 1 N–H and O–H groups in total. The topological polar surface area (TPSA) is 40.5 Å². The van der Waals surface area contributed by atoms with Gasteiger partial charge in [-0.05, 0) is 32.6 Å². The molecule has 0 unspecified atom stereocenters. The molecule has 1 amide bonds. The van der Waals surface area contributed by atoms with Crippen LogP contribution in [0.1, 0.15) is 26.7 Å². The predicted molar refractivity (Wildman–Crippen MR) is 59.4 cm³/mol. The summed E-state index contributed by atoms with van der Waals surface area (Å²) in [7, 11) is 0. The van der Waals surface area contributed by atoms with Crippen molar-refractivity contribution in [1.29, 1.82) is 0 Å². The second kappa shape index (κ2) is 4.62. The lowest BCUT2D eigenvalue weighted by molar-refractivity contribution is -0.134. The molecule has 0 atom stereocenters. The van der Waals surface area contributed by atoms with Gasteiger partial charge >= 0.3 is 0 Å². The summed E-state index contributed by atoms with van der Waals surface area (Å²) in [5, 5.41) is 8.96. The summed E-state index contributed by atoms with van der Waals surface area (Å²) < 4.78 is -0.459. The fourth-order valence-electron chi connectivity index (χ4n) is 1.69. The minimum atomic E-state index is -0.459. The van der Waals surface area contributed by atoms with Gasteiger partial charge in [-0.15, -0.1) is 0 Å². The van der Waals surface area contributed by atoms with Crippen LogP contribution in [0.5, 0.6) is 0 Å². The van der Waals surface area contributed by atoms with Gasteiger partial charge < -0.3 is 10.0 Å². The number of carbonyl (C=O) groups excluding carboxylic acids is 1. The van der Waals surface area contributed by atoms with Crippen molar-refractivity contribution < 1.29 is 9.90 Å². The van der Waals surface area contributed by atoms with Gasteiger partial charge in [-0.3, -0.25) is 4.79 Å². The first-order valence-corrected chi connectivity index (χ1v) is 5.83. The van der Waals surface area contributed by atoms with Crippen LogP contribution in [0.4, 0.5) is 0 Å². The van der Waals surface area contributed by atoms with E-state index in [-0.39, 0.29) is 12.5 Å². The maximum atomic E-state index is 11.8. The first kappa shape index (κ1) is 12.0. The lowest BCUT2D eigenvalue weighted by Gasteiger charge is -2.34. The molecule has 0 bridgehead atoms. The maximum Gasteiger partial charge on any atom is 0.238 e. The first-order chi connectivity index (χ1) is 6.45. The van der Waals surface area contributed by atoms with Crippen LogP contribution < -0.4 is 0 Å². The summed E-state index contributed by atoms with van der Waals surface area (Å²) in [4.78, 5) is 13.7. The largest absolute Gasteiger partial charge is 0.396 e. The van der Waals surface area contributed by atoms with E-state index in [2.05, 4.69) is 15.9 Å². The van der Waals surface area contributed by atoms with Gasteiger partial charge in [0.25, 0.3) is 0 Å². The van der Waals surface area contributed by atoms with E-state index in [0.29, 0.717) is 5.92 Å². The average Bonchev–Trinajstić information content (AvgIpc) is 2.15. The number of halogens is 1. The summed E-state index contributed by atoms with van der Waals surface area (Å²) in [5.41, 5.74) is 0. The van der Waals surface area contributed by atoms with Crippen LogP contribution in [-0.2, 0) is 4.79 Å². The van der Waals surface area contributed by atoms with E-state index in [4.69, 9.17) is 5.11 Å². The average molecular weight is 264 g/mol. The third-order valence-electron chi connectivity index (χ3n) is 2.67. The Morgan fingerprint density at radius 1 is 1.50 bits per heavy atom. The van der Waals surface area contributed by atoms with Gasteiger partial charge in [-0.25, -0.2) is 0 Å². The van der Waals surface area contributed by atoms with E-state index < -0.39 is 4.32 Å². The minimum absolute atomic E-state index is 0.147. The summed E-state index contributed by atoms with van der Waals surface area (Å²) in [6.07, 6.45) is 1.84. The zero-order valence-electron chi connectivity index (χ0n) is 8.79. The Hall–Kier alpha value is -0.0900. The number of carbonyl (C=O) groups is 1. The monoisotopic (exact) mass is 263 g/mol. The molecule has 0 aliphatic carbocycles. The van der Waals surface area contributed by atoms with E-state index in [1.54, 1.807) is 0 Å². The highest BCUT2D eigenvalue weighted by Crippen LogP contribution is 2.23. The third-order valence-corrected chi connectivity index (χ3v) is 3.01. The first-order valence-electron chi connectivity index (χ1n) is 5.04. The van der Waals surface area contributed by atoms with Gasteiger partial charge in [0, 0.05) is 19.7 Å². The number of likely N-dealkylation sites (tertiary alicyclic amines) is 1. The van der Waals surface area contributed by atoms with Gasteiger partial charge in [0.15, 0.2) is 0 Å². The molecule has 4 heteroatoms. The highest BCUT2D eigenvalue weighted by atomic mass is 79.9. The standard InChI is InChI=1S/C10H18BrNO2/c1-10(2,11)9(14)12-5-3-8(7-13)4-6-12/h8,13H,3-7H2,1-2H3. The Balaban J connectivity index is 2.46. The molecule has 3 nitrogen and oxygen atoms in total. The molecule has 0 aromatic rings. The summed E-state index contributed by atoms with van der Waals surface area (Å²) in [6, 6.07) is 0. The van der Waals surface area contributed by atoms with E-state index in [1.165, 1.54) is 0 Å². The molecule has 1 aliphatic heterocycles. The highest BCUT2D eigenvalue weighted by molar-refractivity contribution is 9.10. The molecule has 0 spiro atoms.